The van der Waals surface area contributed by atoms with Gasteiger partial charge in [0.2, 0.25) is 0 Å². The van der Waals surface area contributed by atoms with Crippen LogP contribution < -0.4 is 10.5 Å². The van der Waals surface area contributed by atoms with Crippen LogP contribution in [0.4, 0.5) is 5.69 Å². The van der Waals surface area contributed by atoms with Crippen LogP contribution in [-0.4, -0.2) is 17.3 Å². The SMILES string of the molecule is COc1nnc(Cc2cccc(Br)c2)cc1N. The highest BCUT2D eigenvalue weighted by molar-refractivity contribution is 9.10. The van der Waals surface area contributed by atoms with E-state index in [1.807, 2.05) is 24.3 Å². The van der Waals surface area contributed by atoms with E-state index in [0.29, 0.717) is 18.0 Å². The molecule has 0 aliphatic carbocycles. The molecule has 0 bridgehead atoms. The van der Waals surface area contributed by atoms with E-state index in [-0.39, 0.29) is 0 Å². The minimum atomic E-state index is 0.364. The van der Waals surface area contributed by atoms with E-state index in [1.165, 1.54) is 7.11 Å². The van der Waals surface area contributed by atoms with Crippen molar-refractivity contribution in [3.05, 3.63) is 46.1 Å². The summed E-state index contributed by atoms with van der Waals surface area (Å²) in [5.74, 6) is 0.364. The van der Waals surface area contributed by atoms with Crippen LogP contribution in [0.15, 0.2) is 34.8 Å². The fourth-order valence-corrected chi connectivity index (χ4v) is 1.99. The molecule has 4 nitrogen and oxygen atoms in total. The molecule has 0 aliphatic heterocycles. The minimum absolute atomic E-state index is 0.364. The first-order valence-electron chi connectivity index (χ1n) is 5.09. The third kappa shape index (κ3) is 2.94. The first-order valence-corrected chi connectivity index (χ1v) is 5.89. The fourth-order valence-electron chi connectivity index (χ4n) is 1.54. The number of nitrogens with zero attached hydrogens (tertiary/aromatic N) is 2. The molecule has 17 heavy (non-hydrogen) atoms. The van der Waals surface area contributed by atoms with Crippen molar-refractivity contribution in [3.8, 4) is 5.88 Å². The van der Waals surface area contributed by atoms with Gasteiger partial charge in [-0.3, -0.25) is 0 Å². The van der Waals surface area contributed by atoms with E-state index < -0.39 is 0 Å². The Morgan fingerprint density at radius 2 is 2.12 bits per heavy atom. The van der Waals surface area contributed by atoms with Gasteiger partial charge in [-0.15, -0.1) is 5.10 Å². The van der Waals surface area contributed by atoms with Crippen molar-refractivity contribution in [1.29, 1.82) is 0 Å². The standard InChI is InChI=1S/C12H12BrN3O/c1-17-12-11(14)7-10(15-16-12)6-8-3-2-4-9(13)5-8/h2-5,7H,6H2,1H3,(H2,14,15). The van der Waals surface area contributed by atoms with Gasteiger partial charge in [-0.05, 0) is 23.8 Å². The first-order chi connectivity index (χ1) is 8.19. The maximum Gasteiger partial charge on any atom is 0.256 e. The van der Waals surface area contributed by atoms with Gasteiger partial charge < -0.3 is 10.5 Å². The third-order valence-electron chi connectivity index (χ3n) is 2.31. The largest absolute Gasteiger partial charge is 0.478 e. The molecule has 0 spiro atoms. The normalized spacial score (nSPS) is 10.2. The fraction of sp³-hybridized carbons (Fsp3) is 0.167. The minimum Gasteiger partial charge on any atom is -0.478 e. The highest BCUT2D eigenvalue weighted by Crippen LogP contribution is 2.19. The molecule has 88 valence electrons. The Kier molecular flexibility index (Phi) is 3.58. The van der Waals surface area contributed by atoms with E-state index in [1.54, 1.807) is 6.07 Å². The zero-order valence-electron chi connectivity index (χ0n) is 9.35. The van der Waals surface area contributed by atoms with Gasteiger partial charge in [0.1, 0.15) is 0 Å². The van der Waals surface area contributed by atoms with Gasteiger partial charge in [-0.1, -0.05) is 28.1 Å². The molecule has 1 aromatic carbocycles. The van der Waals surface area contributed by atoms with Crippen LogP contribution in [-0.2, 0) is 6.42 Å². The summed E-state index contributed by atoms with van der Waals surface area (Å²) in [7, 11) is 1.52. The number of hydrogen-bond acceptors (Lipinski definition) is 4. The zero-order valence-corrected chi connectivity index (χ0v) is 10.9. The van der Waals surface area contributed by atoms with E-state index in [2.05, 4.69) is 26.1 Å². The Morgan fingerprint density at radius 3 is 2.76 bits per heavy atom. The summed E-state index contributed by atoms with van der Waals surface area (Å²) >= 11 is 3.43. The molecule has 2 aromatic rings. The lowest BCUT2D eigenvalue weighted by molar-refractivity contribution is 0.393. The molecule has 2 rings (SSSR count). The summed E-state index contributed by atoms with van der Waals surface area (Å²) in [5.41, 5.74) is 8.26. The van der Waals surface area contributed by atoms with Crippen molar-refractivity contribution in [3.63, 3.8) is 0 Å². The van der Waals surface area contributed by atoms with Crippen molar-refractivity contribution in [2.75, 3.05) is 12.8 Å². The lowest BCUT2D eigenvalue weighted by atomic mass is 10.1. The van der Waals surface area contributed by atoms with Gasteiger partial charge in [-0.25, -0.2) is 0 Å². The molecule has 0 atom stereocenters. The van der Waals surface area contributed by atoms with Gasteiger partial charge in [0.05, 0.1) is 18.5 Å². The van der Waals surface area contributed by atoms with E-state index >= 15 is 0 Å². The van der Waals surface area contributed by atoms with Gasteiger partial charge in [0, 0.05) is 10.9 Å². The Labute approximate surface area is 108 Å². The molecule has 5 heteroatoms. The maximum atomic E-state index is 5.78. The molecule has 0 radical (unpaired) electrons. The summed E-state index contributed by atoms with van der Waals surface area (Å²) in [6.07, 6.45) is 0.695. The summed E-state index contributed by atoms with van der Waals surface area (Å²) < 4.78 is 6.01. The van der Waals surface area contributed by atoms with Gasteiger partial charge >= 0.3 is 0 Å². The number of nitrogens with two attached hydrogens (primary N) is 1. The molecule has 1 heterocycles. The van der Waals surface area contributed by atoms with Crippen LogP contribution in [0.25, 0.3) is 0 Å². The molecule has 0 aliphatic rings. The van der Waals surface area contributed by atoms with Gasteiger partial charge in [-0.2, -0.15) is 5.10 Å². The number of methoxy groups -OCH3 is 1. The number of hydrogen-bond donors (Lipinski definition) is 1. The number of nitrogen functional groups attached to an aromatic ring is 1. The van der Waals surface area contributed by atoms with Gasteiger partial charge in [0.25, 0.3) is 5.88 Å². The number of ether oxygens (including phenoxy) is 1. The van der Waals surface area contributed by atoms with Crippen molar-refractivity contribution in [2.45, 2.75) is 6.42 Å². The quantitative estimate of drug-likeness (QED) is 0.944. The van der Waals surface area contributed by atoms with E-state index in [9.17, 15) is 0 Å². The van der Waals surface area contributed by atoms with Crippen LogP contribution in [0.1, 0.15) is 11.3 Å². The number of rotatable bonds is 3. The smallest absolute Gasteiger partial charge is 0.256 e. The predicted molar refractivity (Wildman–Crippen MR) is 69.9 cm³/mol. The van der Waals surface area contributed by atoms with Crippen molar-refractivity contribution in [1.82, 2.24) is 10.2 Å². The van der Waals surface area contributed by atoms with Crippen LogP contribution in [0.3, 0.4) is 0 Å². The average Bonchev–Trinajstić information content (AvgIpc) is 2.29. The van der Waals surface area contributed by atoms with Gasteiger partial charge in [0.15, 0.2) is 0 Å². The third-order valence-corrected chi connectivity index (χ3v) is 2.80. The summed E-state index contributed by atoms with van der Waals surface area (Å²) in [6, 6.07) is 9.83. The molecule has 0 saturated carbocycles. The lowest BCUT2D eigenvalue weighted by Gasteiger charge is -2.05. The molecule has 1 aromatic heterocycles. The summed E-state index contributed by atoms with van der Waals surface area (Å²) in [5, 5.41) is 7.97. The topological polar surface area (TPSA) is 61.0 Å². The molecule has 0 fully saturated rings. The van der Waals surface area contributed by atoms with E-state index in [4.69, 9.17) is 10.5 Å². The maximum absolute atomic E-state index is 5.78. The summed E-state index contributed by atoms with van der Waals surface area (Å²) in [4.78, 5) is 0. The molecular weight excluding hydrogens is 282 g/mol. The number of halogens is 1. The zero-order chi connectivity index (χ0) is 12.3. The molecule has 0 amide bonds. The van der Waals surface area contributed by atoms with Crippen molar-refractivity contribution in [2.24, 2.45) is 0 Å². The second-order valence-corrected chi connectivity index (χ2v) is 4.52. The Hall–Kier alpha value is -1.62. The Balaban J connectivity index is 2.22. The molecule has 0 saturated heterocycles. The molecular formula is C12H12BrN3O. The number of aromatic nitrogens is 2. The van der Waals surface area contributed by atoms with Crippen LogP contribution >= 0.6 is 15.9 Å². The monoisotopic (exact) mass is 293 g/mol. The van der Waals surface area contributed by atoms with Crippen molar-refractivity contribution < 1.29 is 4.74 Å². The van der Waals surface area contributed by atoms with Crippen molar-refractivity contribution >= 4 is 21.6 Å². The molecule has 0 unspecified atom stereocenters. The predicted octanol–water partition coefficient (Wildman–Crippen LogP) is 2.42. The highest BCUT2D eigenvalue weighted by Gasteiger charge is 2.05. The average molecular weight is 294 g/mol. The highest BCUT2D eigenvalue weighted by atomic mass is 79.9. The lowest BCUT2D eigenvalue weighted by Crippen LogP contribution is -2.01. The van der Waals surface area contributed by atoms with Crippen LogP contribution in [0, 0.1) is 0 Å². The Bertz CT molecular complexity index is 531. The first kappa shape index (κ1) is 11.9. The summed E-state index contributed by atoms with van der Waals surface area (Å²) in [6.45, 7) is 0. The van der Waals surface area contributed by atoms with Crippen LogP contribution in [0.5, 0.6) is 5.88 Å². The van der Waals surface area contributed by atoms with E-state index in [0.717, 1.165) is 15.7 Å². The molecule has 2 N–H and O–H groups in total. The second kappa shape index (κ2) is 5.14. The second-order valence-electron chi connectivity index (χ2n) is 3.61. The number of anilines is 1. The van der Waals surface area contributed by atoms with Crippen LogP contribution in [0.2, 0.25) is 0 Å². The Morgan fingerprint density at radius 1 is 1.29 bits per heavy atom. The number of benzene rings is 1.